The van der Waals surface area contributed by atoms with Gasteiger partial charge < -0.3 is 16.2 Å². The third-order valence-electron chi connectivity index (χ3n) is 2.91. The first-order valence-electron chi connectivity index (χ1n) is 5.54. The molecule has 0 heterocycles. The second kappa shape index (κ2) is 4.58. The highest BCUT2D eigenvalue weighted by Crippen LogP contribution is 2.32. The molecule has 1 saturated carbocycles. The molecule has 0 amide bonds. The summed E-state index contributed by atoms with van der Waals surface area (Å²) >= 11 is 0. The summed E-state index contributed by atoms with van der Waals surface area (Å²) in [6.07, 6.45) is 1.79. The molecule has 0 aliphatic heterocycles. The minimum absolute atomic E-state index is 0.0988. The number of hydrogen-bond donors (Lipinski definition) is 3. The van der Waals surface area contributed by atoms with Crippen LogP contribution in [-0.2, 0) is 0 Å². The SMILES string of the molecule is Nc1cc(NCC(O)C2CC2)ccc1[N+](=O)[O-]. The second-order valence-corrected chi connectivity index (χ2v) is 4.32. The number of aliphatic hydroxyl groups is 1. The molecule has 2 rings (SSSR count). The maximum Gasteiger partial charge on any atom is 0.292 e. The van der Waals surface area contributed by atoms with Crippen LogP contribution >= 0.6 is 0 Å². The van der Waals surface area contributed by atoms with Gasteiger partial charge >= 0.3 is 0 Å². The molecule has 0 spiro atoms. The van der Waals surface area contributed by atoms with Crippen LogP contribution in [0.3, 0.4) is 0 Å². The van der Waals surface area contributed by atoms with Gasteiger partial charge in [0.15, 0.2) is 0 Å². The summed E-state index contributed by atoms with van der Waals surface area (Å²) in [7, 11) is 0. The highest BCUT2D eigenvalue weighted by Gasteiger charge is 2.29. The van der Waals surface area contributed by atoms with E-state index in [1.165, 1.54) is 12.1 Å². The molecule has 1 atom stereocenters. The smallest absolute Gasteiger partial charge is 0.292 e. The van der Waals surface area contributed by atoms with Crippen molar-refractivity contribution in [2.24, 2.45) is 5.92 Å². The van der Waals surface area contributed by atoms with Gasteiger partial charge in [-0.1, -0.05) is 0 Å². The molecule has 0 radical (unpaired) electrons. The lowest BCUT2D eigenvalue weighted by Gasteiger charge is -2.12. The van der Waals surface area contributed by atoms with E-state index >= 15 is 0 Å². The fourth-order valence-electron chi connectivity index (χ4n) is 1.70. The number of nitrogens with two attached hydrogens (primary N) is 1. The number of nitro groups is 1. The van der Waals surface area contributed by atoms with Crippen LogP contribution in [0.2, 0.25) is 0 Å². The molecule has 1 fully saturated rings. The van der Waals surface area contributed by atoms with E-state index in [9.17, 15) is 15.2 Å². The standard InChI is InChI=1S/C11H15N3O3/c12-9-5-8(3-4-10(9)14(16)17)13-6-11(15)7-1-2-7/h3-5,7,11,13,15H,1-2,6,12H2. The number of anilines is 2. The third-order valence-corrected chi connectivity index (χ3v) is 2.91. The van der Waals surface area contributed by atoms with Crippen molar-refractivity contribution in [1.82, 2.24) is 0 Å². The number of nitro benzene ring substituents is 1. The first-order chi connectivity index (χ1) is 8.08. The van der Waals surface area contributed by atoms with Gasteiger partial charge in [-0.3, -0.25) is 10.1 Å². The Kier molecular flexibility index (Phi) is 3.14. The Morgan fingerprint density at radius 1 is 1.59 bits per heavy atom. The molecule has 0 bridgehead atoms. The van der Waals surface area contributed by atoms with E-state index < -0.39 is 4.92 Å². The summed E-state index contributed by atoms with van der Waals surface area (Å²) in [5.41, 5.74) is 6.27. The zero-order valence-electron chi connectivity index (χ0n) is 9.30. The molecule has 4 N–H and O–H groups in total. The molecular weight excluding hydrogens is 222 g/mol. The summed E-state index contributed by atoms with van der Waals surface area (Å²) in [5.74, 6) is 0.401. The molecule has 1 aromatic carbocycles. The highest BCUT2D eigenvalue weighted by molar-refractivity contribution is 5.65. The first-order valence-corrected chi connectivity index (χ1v) is 5.54. The Balaban J connectivity index is 1.97. The average Bonchev–Trinajstić information content (AvgIpc) is 3.09. The minimum atomic E-state index is -0.516. The van der Waals surface area contributed by atoms with Gasteiger partial charge in [-0.2, -0.15) is 0 Å². The second-order valence-electron chi connectivity index (χ2n) is 4.32. The van der Waals surface area contributed by atoms with Gasteiger partial charge in [0, 0.05) is 18.3 Å². The number of nitrogens with one attached hydrogen (secondary N) is 1. The van der Waals surface area contributed by atoms with E-state index in [2.05, 4.69) is 5.32 Å². The first kappa shape index (κ1) is 11.7. The van der Waals surface area contributed by atoms with E-state index in [0.29, 0.717) is 18.2 Å². The molecule has 6 nitrogen and oxygen atoms in total. The Hall–Kier alpha value is -1.82. The Labute approximate surface area is 98.6 Å². The van der Waals surface area contributed by atoms with Crippen molar-refractivity contribution in [3.63, 3.8) is 0 Å². The molecule has 1 aliphatic rings. The zero-order valence-corrected chi connectivity index (χ0v) is 9.30. The molecule has 1 aliphatic carbocycles. The van der Waals surface area contributed by atoms with Crippen molar-refractivity contribution < 1.29 is 10.0 Å². The highest BCUT2D eigenvalue weighted by atomic mass is 16.6. The molecule has 0 saturated heterocycles. The van der Waals surface area contributed by atoms with Gasteiger partial charge in [-0.25, -0.2) is 0 Å². The van der Waals surface area contributed by atoms with Gasteiger partial charge in [0.05, 0.1) is 11.0 Å². The van der Waals surface area contributed by atoms with Crippen LogP contribution < -0.4 is 11.1 Å². The number of nitrogen functional groups attached to an aromatic ring is 1. The number of rotatable bonds is 5. The molecule has 17 heavy (non-hydrogen) atoms. The van der Waals surface area contributed by atoms with E-state index in [-0.39, 0.29) is 17.5 Å². The Morgan fingerprint density at radius 3 is 2.82 bits per heavy atom. The molecule has 92 valence electrons. The summed E-state index contributed by atoms with van der Waals surface area (Å²) in [4.78, 5) is 10.0. The lowest BCUT2D eigenvalue weighted by atomic mass is 10.2. The maximum atomic E-state index is 10.6. The van der Waals surface area contributed by atoms with Crippen molar-refractivity contribution in [3.05, 3.63) is 28.3 Å². The number of hydrogen-bond acceptors (Lipinski definition) is 5. The van der Waals surface area contributed by atoms with Crippen LogP contribution in [0.5, 0.6) is 0 Å². The summed E-state index contributed by atoms with van der Waals surface area (Å²) in [5, 5.41) is 23.2. The minimum Gasteiger partial charge on any atom is -0.393 e. The van der Waals surface area contributed by atoms with E-state index in [1.807, 2.05) is 0 Å². The molecule has 1 aromatic rings. The fourth-order valence-corrected chi connectivity index (χ4v) is 1.70. The van der Waals surface area contributed by atoms with Crippen LogP contribution in [0.15, 0.2) is 18.2 Å². The Bertz CT molecular complexity index is 432. The number of nitrogens with zero attached hydrogens (tertiary/aromatic N) is 1. The molecule has 1 unspecified atom stereocenters. The fraction of sp³-hybridized carbons (Fsp3) is 0.455. The van der Waals surface area contributed by atoms with Gasteiger partial charge in [0.1, 0.15) is 5.69 Å². The summed E-state index contributed by atoms with van der Waals surface area (Å²) in [6.45, 7) is 0.446. The maximum absolute atomic E-state index is 10.6. The van der Waals surface area contributed by atoms with Crippen LogP contribution in [-0.4, -0.2) is 22.7 Å². The van der Waals surface area contributed by atoms with Gasteiger partial charge in [0.2, 0.25) is 0 Å². The van der Waals surface area contributed by atoms with E-state index in [1.54, 1.807) is 6.07 Å². The van der Waals surface area contributed by atoms with Crippen molar-refractivity contribution in [3.8, 4) is 0 Å². The number of aliphatic hydroxyl groups excluding tert-OH is 1. The van der Waals surface area contributed by atoms with Crippen LogP contribution in [0, 0.1) is 16.0 Å². The summed E-state index contributed by atoms with van der Waals surface area (Å²) < 4.78 is 0. The van der Waals surface area contributed by atoms with E-state index in [4.69, 9.17) is 5.73 Å². The third kappa shape index (κ3) is 2.85. The van der Waals surface area contributed by atoms with Crippen molar-refractivity contribution in [1.29, 1.82) is 0 Å². The largest absolute Gasteiger partial charge is 0.393 e. The topological polar surface area (TPSA) is 101 Å². The predicted molar refractivity (Wildman–Crippen MR) is 64.7 cm³/mol. The normalized spacial score (nSPS) is 16.5. The predicted octanol–water partition coefficient (Wildman–Crippen LogP) is 1.36. The van der Waals surface area contributed by atoms with E-state index in [0.717, 1.165) is 12.8 Å². The van der Waals surface area contributed by atoms with Gasteiger partial charge in [-0.15, -0.1) is 0 Å². The summed E-state index contributed by atoms with van der Waals surface area (Å²) in [6, 6.07) is 4.47. The van der Waals surface area contributed by atoms with Crippen molar-refractivity contribution >= 4 is 17.1 Å². The monoisotopic (exact) mass is 237 g/mol. The average molecular weight is 237 g/mol. The quantitative estimate of drug-likeness (QED) is 0.407. The van der Waals surface area contributed by atoms with Crippen LogP contribution in [0.4, 0.5) is 17.1 Å². The molecular formula is C11H15N3O3. The number of benzene rings is 1. The van der Waals surface area contributed by atoms with Crippen LogP contribution in [0.25, 0.3) is 0 Å². The molecule has 0 aromatic heterocycles. The zero-order chi connectivity index (χ0) is 12.4. The van der Waals surface area contributed by atoms with Gasteiger partial charge in [-0.05, 0) is 30.9 Å². The lowest BCUT2D eigenvalue weighted by molar-refractivity contribution is -0.383. The lowest BCUT2D eigenvalue weighted by Crippen LogP contribution is -2.21. The van der Waals surface area contributed by atoms with Gasteiger partial charge in [0.25, 0.3) is 5.69 Å². The Morgan fingerprint density at radius 2 is 2.29 bits per heavy atom. The molecule has 6 heteroatoms. The van der Waals surface area contributed by atoms with Crippen LogP contribution in [0.1, 0.15) is 12.8 Å². The van der Waals surface area contributed by atoms with Crippen molar-refractivity contribution in [2.45, 2.75) is 18.9 Å². The van der Waals surface area contributed by atoms with Crippen molar-refractivity contribution in [2.75, 3.05) is 17.6 Å².